The first kappa shape index (κ1) is 12.7. The summed E-state index contributed by atoms with van der Waals surface area (Å²) in [7, 11) is 4.03. The van der Waals surface area contributed by atoms with Crippen molar-refractivity contribution in [2.24, 2.45) is 4.99 Å². The molecule has 0 spiro atoms. The average Bonchev–Trinajstić information content (AvgIpc) is 2.14. The third-order valence-electron chi connectivity index (χ3n) is 1.73. The average molecular weight is 201 g/mol. The zero-order valence-electron chi connectivity index (χ0n) is 8.62. The molecule has 0 amide bonds. The lowest BCUT2D eigenvalue weighted by molar-refractivity contribution is 0.361. The molecule has 0 aromatic carbocycles. The summed E-state index contributed by atoms with van der Waals surface area (Å²) in [5.41, 5.74) is 2.58. The van der Waals surface area contributed by atoms with Gasteiger partial charge in [-0.15, -0.1) is 12.6 Å². The summed E-state index contributed by atoms with van der Waals surface area (Å²) in [5.74, 6) is 0. The number of hydrogen-bond acceptors (Lipinski definition) is 3. The molecule has 4 heteroatoms. The Hall–Kier alpha value is -0.320. The summed E-state index contributed by atoms with van der Waals surface area (Å²) in [4.78, 5) is 6.34. The van der Waals surface area contributed by atoms with Crippen molar-refractivity contribution in [2.75, 3.05) is 33.7 Å². The summed E-state index contributed by atoms with van der Waals surface area (Å²) in [5, 5.41) is 3.11. The van der Waals surface area contributed by atoms with Crippen LogP contribution in [-0.2, 0) is 0 Å². The zero-order chi connectivity index (χ0) is 10.1. The summed E-state index contributed by atoms with van der Waals surface area (Å²) >= 11 is 3.94. The molecule has 0 bridgehead atoms. The molecule has 0 rings (SSSR count). The maximum absolute atomic E-state index is 4.13. The Morgan fingerprint density at radius 1 is 1.62 bits per heavy atom. The predicted octanol–water partition coefficient (Wildman–Crippen LogP) is 1.000. The molecule has 3 nitrogen and oxygen atoms in total. The molecule has 1 N–H and O–H groups in total. The van der Waals surface area contributed by atoms with Crippen molar-refractivity contribution in [3.05, 3.63) is 11.8 Å². The zero-order valence-corrected chi connectivity index (χ0v) is 9.51. The van der Waals surface area contributed by atoms with Gasteiger partial charge >= 0.3 is 0 Å². The summed E-state index contributed by atoms with van der Waals surface area (Å²) in [6, 6.07) is 0. The second-order valence-electron chi connectivity index (χ2n) is 2.87. The highest BCUT2D eigenvalue weighted by atomic mass is 32.1. The first-order valence-corrected chi connectivity index (χ1v) is 4.91. The van der Waals surface area contributed by atoms with Gasteiger partial charge in [-0.05, 0) is 21.0 Å². The molecule has 0 heterocycles. The maximum Gasteiger partial charge on any atom is 0.0569 e. The Balaban J connectivity index is 3.80. The molecular formula is C9H19N3S. The van der Waals surface area contributed by atoms with Gasteiger partial charge in [0.2, 0.25) is 0 Å². The first-order valence-electron chi connectivity index (χ1n) is 4.39. The van der Waals surface area contributed by atoms with Crippen molar-refractivity contribution in [3.8, 4) is 0 Å². The van der Waals surface area contributed by atoms with Crippen molar-refractivity contribution in [3.63, 3.8) is 0 Å². The van der Waals surface area contributed by atoms with E-state index in [1.165, 1.54) is 5.55 Å². The van der Waals surface area contributed by atoms with Crippen LogP contribution in [0.4, 0.5) is 0 Å². The summed E-state index contributed by atoms with van der Waals surface area (Å²) in [6.45, 7) is 4.88. The van der Waals surface area contributed by atoms with Crippen LogP contribution in [0.15, 0.2) is 16.8 Å². The highest BCUT2D eigenvalue weighted by Crippen LogP contribution is 1.98. The van der Waals surface area contributed by atoms with E-state index in [9.17, 15) is 0 Å². The van der Waals surface area contributed by atoms with Gasteiger partial charge in [0.1, 0.15) is 0 Å². The second-order valence-corrected chi connectivity index (χ2v) is 3.10. The number of allylic oxidation sites excluding steroid dienone is 1. The SMILES string of the molecule is C/C=C(CN(C)CCNC)/N=C\S. The van der Waals surface area contributed by atoms with Gasteiger partial charge in [-0.2, -0.15) is 0 Å². The molecule has 0 atom stereocenters. The van der Waals surface area contributed by atoms with Crippen molar-refractivity contribution >= 4 is 18.2 Å². The molecule has 0 aliphatic rings. The van der Waals surface area contributed by atoms with Crippen LogP contribution >= 0.6 is 12.6 Å². The van der Waals surface area contributed by atoms with Gasteiger partial charge in [-0.3, -0.25) is 9.89 Å². The largest absolute Gasteiger partial charge is 0.318 e. The number of aliphatic imine (C=N–C) groups is 1. The molecule has 0 aromatic heterocycles. The van der Waals surface area contributed by atoms with Crippen LogP contribution in [0.1, 0.15) is 6.92 Å². The molecule has 0 fully saturated rings. The molecule has 0 radical (unpaired) electrons. The van der Waals surface area contributed by atoms with E-state index in [1.807, 2.05) is 20.0 Å². The number of nitrogens with one attached hydrogen (secondary N) is 1. The van der Waals surface area contributed by atoms with Gasteiger partial charge in [-0.1, -0.05) is 6.08 Å². The van der Waals surface area contributed by atoms with Gasteiger partial charge in [-0.25, -0.2) is 0 Å². The molecule has 0 aliphatic carbocycles. The minimum atomic E-state index is 0.870. The Morgan fingerprint density at radius 2 is 2.31 bits per heavy atom. The predicted molar refractivity (Wildman–Crippen MR) is 62.7 cm³/mol. The van der Waals surface area contributed by atoms with Gasteiger partial charge < -0.3 is 5.32 Å². The third kappa shape index (κ3) is 6.81. The Labute approximate surface area is 86.3 Å². The lowest BCUT2D eigenvalue weighted by atomic mass is 10.4. The highest BCUT2D eigenvalue weighted by Gasteiger charge is 1.99. The van der Waals surface area contributed by atoms with E-state index in [0.717, 1.165) is 25.3 Å². The Kier molecular flexibility index (Phi) is 8.08. The van der Waals surface area contributed by atoms with Crippen LogP contribution in [0.25, 0.3) is 0 Å². The minimum Gasteiger partial charge on any atom is -0.318 e. The fraction of sp³-hybridized carbons (Fsp3) is 0.667. The van der Waals surface area contributed by atoms with E-state index < -0.39 is 0 Å². The fourth-order valence-electron chi connectivity index (χ4n) is 0.939. The van der Waals surface area contributed by atoms with E-state index in [0.29, 0.717) is 0 Å². The van der Waals surface area contributed by atoms with Crippen LogP contribution in [0.5, 0.6) is 0 Å². The molecule has 0 saturated carbocycles. The monoisotopic (exact) mass is 201 g/mol. The molecule has 13 heavy (non-hydrogen) atoms. The number of likely N-dealkylation sites (N-methyl/N-ethyl adjacent to an activating group) is 2. The topological polar surface area (TPSA) is 27.6 Å². The number of nitrogens with zero attached hydrogens (tertiary/aromatic N) is 2. The van der Waals surface area contributed by atoms with E-state index in [1.54, 1.807) is 0 Å². The summed E-state index contributed by atoms with van der Waals surface area (Å²) < 4.78 is 0. The normalized spacial score (nSPS) is 13.2. The van der Waals surface area contributed by atoms with Crippen molar-refractivity contribution in [1.82, 2.24) is 10.2 Å². The van der Waals surface area contributed by atoms with Crippen LogP contribution in [0.3, 0.4) is 0 Å². The van der Waals surface area contributed by atoms with E-state index >= 15 is 0 Å². The molecule has 76 valence electrons. The molecule has 0 aliphatic heterocycles. The van der Waals surface area contributed by atoms with E-state index in [4.69, 9.17) is 0 Å². The number of thiol groups is 1. The van der Waals surface area contributed by atoms with Crippen molar-refractivity contribution in [1.29, 1.82) is 0 Å². The smallest absolute Gasteiger partial charge is 0.0569 e. The standard InChI is InChI=1S/C9H19N3S/c1-4-9(11-8-13)7-12(3)6-5-10-2/h4,8,10H,5-7H2,1-3H3,(H,11,13)/b9-4+. The molecular weight excluding hydrogens is 182 g/mol. The van der Waals surface area contributed by atoms with Gasteiger partial charge in [0.15, 0.2) is 0 Å². The fourth-order valence-corrected chi connectivity index (χ4v) is 1.09. The molecule has 0 aromatic rings. The van der Waals surface area contributed by atoms with Crippen molar-refractivity contribution in [2.45, 2.75) is 6.92 Å². The van der Waals surface area contributed by atoms with Crippen LogP contribution < -0.4 is 5.32 Å². The van der Waals surface area contributed by atoms with Crippen LogP contribution in [-0.4, -0.2) is 44.2 Å². The third-order valence-corrected chi connectivity index (χ3v) is 1.85. The van der Waals surface area contributed by atoms with Gasteiger partial charge in [0.25, 0.3) is 0 Å². The number of rotatable bonds is 6. The molecule has 0 unspecified atom stereocenters. The summed E-state index contributed by atoms with van der Waals surface area (Å²) in [6.07, 6.45) is 2.00. The molecule has 0 saturated heterocycles. The Morgan fingerprint density at radius 3 is 2.77 bits per heavy atom. The van der Waals surface area contributed by atoms with Crippen molar-refractivity contribution < 1.29 is 0 Å². The highest BCUT2D eigenvalue weighted by molar-refractivity contribution is 7.94. The maximum atomic E-state index is 4.13. The van der Waals surface area contributed by atoms with Crippen LogP contribution in [0, 0.1) is 0 Å². The lowest BCUT2D eigenvalue weighted by Gasteiger charge is -2.15. The number of hydrogen-bond donors (Lipinski definition) is 2. The van der Waals surface area contributed by atoms with E-state index in [2.05, 4.69) is 34.9 Å². The quantitative estimate of drug-likeness (QED) is 0.381. The van der Waals surface area contributed by atoms with Crippen LogP contribution in [0.2, 0.25) is 0 Å². The minimum absolute atomic E-state index is 0.870. The lowest BCUT2D eigenvalue weighted by Crippen LogP contribution is -2.28. The second kappa shape index (κ2) is 8.29. The van der Waals surface area contributed by atoms with Gasteiger partial charge in [0.05, 0.1) is 11.2 Å². The first-order chi connectivity index (χ1) is 6.24. The van der Waals surface area contributed by atoms with E-state index in [-0.39, 0.29) is 0 Å². The Bertz CT molecular complexity index is 178. The van der Waals surface area contributed by atoms with Gasteiger partial charge in [0, 0.05) is 19.6 Å².